The Hall–Kier alpha value is -2.60. The third-order valence-electron chi connectivity index (χ3n) is 5.97. The minimum atomic E-state index is -3.59. The molecule has 2 saturated heterocycles. The number of hydrogen-bond donors (Lipinski definition) is 2. The van der Waals surface area contributed by atoms with Gasteiger partial charge in [-0.25, -0.2) is 12.7 Å². The van der Waals surface area contributed by atoms with Crippen LogP contribution in [0.3, 0.4) is 0 Å². The third-order valence-corrected chi connectivity index (χ3v) is 8.38. The molecule has 0 aromatic heterocycles. The average Bonchev–Trinajstić information content (AvgIpc) is 3.28. The summed E-state index contributed by atoms with van der Waals surface area (Å²) in [5, 5.41) is 6.04. The Morgan fingerprint density at radius 2 is 1.46 bits per heavy atom. The van der Waals surface area contributed by atoms with Gasteiger partial charge in [-0.3, -0.25) is 14.4 Å². The number of benzene rings is 2. The van der Waals surface area contributed by atoms with Gasteiger partial charge in [-0.05, 0) is 48.5 Å². The Kier molecular flexibility index (Phi) is 7.70. The normalized spacial score (nSPS) is 21.1. The second-order valence-electron chi connectivity index (χ2n) is 8.42. The van der Waals surface area contributed by atoms with E-state index in [-0.39, 0.29) is 19.0 Å². The minimum absolute atomic E-state index is 0.0411. The fraction of sp³-hybridized carbons (Fsp3) is 0.348. The van der Waals surface area contributed by atoms with Crippen LogP contribution >= 0.6 is 23.4 Å². The van der Waals surface area contributed by atoms with Gasteiger partial charge in [0.1, 0.15) is 0 Å². The van der Waals surface area contributed by atoms with E-state index in [0.717, 1.165) is 22.0 Å². The molecule has 2 heterocycles. The first-order valence-corrected chi connectivity index (χ1v) is 14.3. The highest BCUT2D eigenvalue weighted by atomic mass is 35.5. The largest absolute Gasteiger partial charge is 0.326 e. The molecule has 35 heavy (non-hydrogen) atoms. The number of anilines is 3. The number of thioether (sulfide) groups is 1. The number of hydrogen-bond acceptors (Lipinski definition) is 6. The van der Waals surface area contributed by atoms with Gasteiger partial charge in [0.05, 0.1) is 23.8 Å². The summed E-state index contributed by atoms with van der Waals surface area (Å²) in [6.45, 7) is 0.439. The summed E-state index contributed by atoms with van der Waals surface area (Å²) < 4.78 is 25.5. The lowest BCUT2D eigenvalue weighted by molar-refractivity contribution is -0.127. The number of carbonyl (C=O) groups excluding carboxylic acids is 3. The maximum absolute atomic E-state index is 13.1. The molecule has 186 valence electrons. The molecule has 0 radical (unpaired) electrons. The van der Waals surface area contributed by atoms with E-state index in [1.807, 2.05) is 0 Å². The van der Waals surface area contributed by atoms with Crippen LogP contribution in [0, 0.1) is 11.8 Å². The zero-order chi connectivity index (χ0) is 25.2. The SMILES string of the molecule is CS(=O)(=O)N1C[C@H](C(=O)Nc2ccc(Cl)cc2)[C@@H](C(=O)Nc2ccc(N3CCSCC3=O)cc2)C1. The van der Waals surface area contributed by atoms with E-state index in [1.54, 1.807) is 65.2 Å². The fourth-order valence-electron chi connectivity index (χ4n) is 4.09. The lowest BCUT2D eigenvalue weighted by atomic mass is 9.94. The van der Waals surface area contributed by atoms with Crippen molar-refractivity contribution in [2.45, 2.75) is 0 Å². The molecule has 3 amide bonds. The Labute approximate surface area is 213 Å². The number of nitrogens with zero attached hydrogens (tertiary/aromatic N) is 2. The first kappa shape index (κ1) is 25.5. The van der Waals surface area contributed by atoms with Crippen LogP contribution in [-0.2, 0) is 24.4 Å². The summed E-state index contributed by atoms with van der Waals surface area (Å²) in [5.74, 6) is -1.31. The summed E-state index contributed by atoms with van der Waals surface area (Å²) in [5.41, 5.74) is 1.74. The van der Waals surface area contributed by atoms with E-state index in [1.165, 1.54) is 0 Å². The van der Waals surface area contributed by atoms with Gasteiger partial charge < -0.3 is 15.5 Å². The highest BCUT2D eigenvalue weighted by molar-refractivity contribution is 8.00. The molecule has 2 atom stereocenters. The smallest absolute Gasteiger partial charge is 0.237 e. The Morgan fingerprint density at radius 3 is 1.94 bits per heavy atom. The van der Waals surface area contributed by atoms with Crippen LogP contribution < -0.4 is 15.5 Å². The van der Waals surface area contributed by atoms with Gasteiger partial charge in [0, 0.05) is 47.5 Å². The number of amides is 3. The maximum Gasteiger partial charge on any atom is 0.237 e. The fourth-order valence-corrected chi connectivity index (χ4v) is 5.86. The van der Waals surface area contributed by atoms with Gasteiger partial charge in [-0.1, -0.05) is 11.6 Å². The van der Waals surface area contributed by atoms with Crippen LogP contribution in [-0.4, -0.2) is 67.8 Å². The maximum atomic E-state index is 13.1. The van der Waals surface area contributed by atoms with Crippen LogP contribution in [0.4, 0.5) is 17.1 Å². The van der Waals surface area contributed by atoms with E-state index in [4.69, 9.17) is 11.6 Å². The van der Waals surface area contributed by atoms with Crippen molar-refractivity contribution in [1.82, 2.24) is 4.31 Å². The van der Waals surface area contributed by atoms with E-state index >= 15 is 0 Å². The molecular weight excluding hydrogens is 512 g/mol. The van der Waals surface area contributed by atoms with Crippen molar-refractivity contribution in [3.8, 4) is 0 Å². The molecule has 2 fully saturated rings. The lowest BCUT2D eigenvalue weighted by Crippen LogP contribution is -2.38. The van der Waals surface area contributed by atoms with E-state index in [9.17, 15) is 22.8 Å². The number of halogens is 1. The predicted octanol–water partition coefficient (Wildman–Crippen LogP) is 2.50. The highest BCUT2D eigenvalue weighted by Crippen LogP contribution is 2.29. The topological polar surface area (TPSA) is 116 Å². The average molecular weight is 537 g/mol. The van der Waals surface area contributed by atoms with Crippen LogP contribution in [0.1, 0.15) is 0 Å². The summed E-state index contributed by atoms with van der Waals surface area (Å²) in [6, 6.07) is 13.4. The molecule has 0 bridgehead atoms. The van der Waals surface area contributed by atoms with Crippen molar-refractivity contribution in [2.24, 2.45) is 11.8 Å². The molecular formula is C23H25ClN4O5S2. The van der Waals surface area contributed by atoms with Crippen molar-refractivity contribution >= 4 is 68.2 Å². The Bertz CT molecular complexity index is 1220. The summed E-state index contributed by atoms with van der Waals surface area (Å²) >= 11 is 7.49. The minimum Gasteiger partial charge on any atom is -0.326 e. The van der Waals surface area contributed by atoms with Gasteiger partial charge >= 0.3 is 0 Å². The van der Waals surface area contributed by atoms with Crippen LogP contribution in [0.15, 0.2) is 48.5 Å². The molecule has 2 aromatic rings. The number of carbonyl (C=O) groups is 3. The first-order valence-electron chi connectivity index (χ1n) is 10.9. The van der Waals surface area contributed by atoms with Gasteiger partial charge in [-0.15, -0.1) is 0 Å². The van der Waals surface area contributed by atoms with Crippen LogP contribution in [0.5, 0.6) is 0 Å². The standard InChI is InChI=1S/C23H25ClN4O5S2/c1-35(32,33)27-12-19(22(30)25-16-4-2-15(24)3-5-16)20(13-27)23(31)26-17-6-8-18(9-7-17)28-10-11-34-14-21(28)29/h2-9,19-20H,10-14H2,1H3,(H,25,30)(H,26,31)/t19-,20-/m0/s1. The van der Waals surface area contributed by atoms with Gasteiger partial charge in [0.25, 0.3) is 0 Å². The predicted molar refractivity (Wildman–Crippen MR) is 138 cm³/mol. The lowest BCUT2D eigenvalue weighted by Gasteiger charge is -2.26. The number of rotatable bonds is 6. The molecule has 9 nitrogen and oxygen atoms in total. The van der Waals surface area contributed by atoms with Crippen molar-refractivity contribution in [3.05, 3.63) is 53.6 Å². The molecule has 4 rings (SSSR count). The van der Waals surface area contributed by atoms with Crippen molar-refractivity contribution in [3.63, 3.8) is 0 Å². The summed E-state index contributed by atoms with van der Waals surface area (Å²) in [7, 11) is -3.59. The van der Waals surface area contributed by atoms with E-state index in [2.05, 4.69) is 10.6 Å². The molecule has 2 N–H and O–H groups in total. The zero-order valence-corrected chi connectivity index (χ0v) is 21.3. The van der Waals surface area contributed by atoms with Crippen LogP contribution in [0.25, 0.3) is 0 Å². The van der Waals surface area contributed by atoms with Gasteiger partial charge in [0.2, 0.25) is 27.7 Å². The molecule has 2 aliphatic heterocycles. The molecule has 2 aliphatic rings. The van der Waals surface area contributed by atoms with E-state index in [0.29, 0.717) is 28.7 Å². The van der Waals surface area contributed by atoms with Crippen molar-refractivity contribution in [2.75, 3.05) is 52.9 Å². The second kappa shape index (κ2) is 10.6. The summed E-state index contributed by atoms with van der Waals surface area (Å²) in [4.78, 5) is 40.0. The Morgan fingerprint density at radius 1 is 0.943 bits per heavy atom. The van der Waals surface area contributed by atoms with Crippen molar-refractivity contribution < 1.29 is 22.8 Å². The number of sulfonamides is 1. The molecule has 0 aliphatic carbocycles. The monoisotopic (exact) mass is 536 g/mol. The molecule has 12 heteroatoms. The second-order valence-corrected chi connectivity index (χ2v) is 11.9. The molecule has 0 saturated carbocycles. The number of nitrogens with one attached hydrogen (secondary N) is 2. The first-order chi connectivity index (χ1) is 16.6. The molecule has 2 aromatic carbocycles. The van der Waals surface area contributed by atoms with E-state index < -0.39 is 33.7 Å². The van der Waals surface area contributed by atoms with Gasteiger partial charge in [-0.2, -0.15) is 11.8 Å². The zero-order valence-electron chi connectivity index (χ0n) is 18.9. The highest BCUT2D eigenvalue weighted by Gasteiger charge is 2.44. The molecule has 0 spiro atoms. The van der Waals surface area contributed by atoms with Crippen molar-refractivity contribution in [1.29, 1.82) is 0 Å². The Balaban J connectivity index is 1.47. The molecule has 0 unspecified atom stereocenters. The quantitative estimate of drug-likeness (QED) is 0.586. The third kappa shape index (κ3) is 6.16. The van der Waals surface area contributed by atoms with Gasteiger partial charge in [0.15, 0.2) is 0 Å². The summed E-state index contributed by atoms with van der Waals surface area (Å²) in [6.07, 6.45) is 1.06. The van der Waals surface area contributed by atoms with Crippen LogP contribution in [0.2, 0.25) is 5.02 Å².